The zero-order chi connectivity index (χ0) is 13.5. The molecule has 4 nitrogen and oxygen atoms in total. The molecule has 1 aliphatic rings. The van der Waals surface area contributed by atoms with Crippen molar-refractivity contribution in [2.24, 2.45) is 17.6 Å². The first-order valence-corrected chi connectivity index (χ1v) is 6.86. The summed E-state index contributed by atoms with van der Waals surface area (Å²) in [6, 6.07) is 9.50. The molecule has 1 aromatic rings. The summed E-state index contributed by atoms with van der Waals surface area (Å²) in [5.74, 6) is 0.952. The van der Waals surface area contributed by atoms with E-state index in [1.807, 2.05) is 30.3 Å². The van der Waals surface area contributed by atoms with Gasteiger partial charge in [-0.3, -0.25) is 4.79 Å². The molecule has 2 N–H and O–H groups in total. The maximum Gasteiger partial charge on any atom is 0.309 e. The smallest absolute Gasteiger partial charge is 0.309 e. The summed E-state index contributed by atoms with van der Waals surface area (Å²) in [5.41, 5.74) is 5.66. The largest absolute Gasteiger partial charge is 0.490 e. The van der Waals surface area contributed by atoms with Crippen molar-refractivity contribution in [1.29, 1.82) is 0 Å². The van der Waals surface area contributed by atoms with Crippen LogP contribution in [-0.4, -0.2) is 25.7 Å². The van der Waals surface area contributed by atoms with E-state index in [9.17, 15) is 4.79 Å². The molecule has 4 heteroatoms. The molecule has 2 atom stereocenters. The van der Waals surface area contributed by atoms with Crippen molar-refractivity contribution in [2.75, 3.05) is 19.8 Å². The van der Waals surface area contributed by atoms with Crippen LogP contribution in [0.2, 0.25) is 0 Å². The number of ether oxygens (including phenoxy) is 2. The maximum atomic E-state index is 11.9. The van der Waals surface area contributed by atoms with E-state index in [0.29, 0.717) is 25.7 Å². The van der Waals surface area contributed by atoms with E-state index in [4.69, 9.17) is 15.2 Å². The van der Waals surface area contributed by atoms with Gasteiger partial charge in [0.05, 0.1) is 5.92 Å². The number of benzene rings is 1. The lowest BCUT2D eigenvalue weighted by Crippen LogP contribution is -2.27. The average Bonchev–Trinajstić information content (AvgIpc) is 2.93. The molecule has 0 heterocycles. The first-order chi connectivity index (χ1) is 9.31. The predicted octanol–water partition coefficient (Wildman–Crippen LogP) is 1.98. The van der Waals surface area contributed by atoms with Crippen molar-refractivity contribution in [2.45, 2.75) is 19.3 Å². The van der Waals surface area contributed by atoms with E-state index in [1.165, 1.54) is 0 Å². The Labute approximate surface area is 113 Å². The van der Waals surface area contributed by atoms with Crippen LogP contribution in [0.15, 0.2) is 30.3 Å². The Morgan fingerprint density at radius 2 is 2.00 bits per heavy atom. The van der Waals surface area contributed by atoms with Crippen LogP contribution in [0.1, 0.15) is 19.3 Å². The molecule has 2 unspecified atom stereocenters. The molecule has 0 aromatic heterocycles. The Hall–Kier alpha value is -1.55. The number of nitrogens with two attached hydrogens (primary N) is 1. The summed E-state index contributed by atoms with van der Waals surface area (Å²) in [7, 11) is 0. The number of hydrogen-bond donors (Lipinski definition) is 1. The number of rotatable bonds is 6. The van der Waals surface area contributed by atoms with Crippen LogP contribution in [0, 0.1) is 11.8 Å². The Morgan fingerprint density at radius 3 is 2.74 bits per heavy atom. The molecule has 1 fully saturated rings. The summed E-state index contributed by atoms with van der Waals surface area (Å²) in [5, 5.41) is 0. The minimum absolute atomic E-state index is 0.0123. The standard InChI is InChI=1S/C15H21NO3/c16-11-12-5-4-8-14(12)15(17)19-10-9-18-13-6-2-1-3-7-13/h1-3,6-7,12,14H,4-5,8-11,16H2. The maximum absolute atomic E-state index is 11.9. The fourth-order valence-corrected chi connectivity index (χ4v) is 2.55. The van der Waals surface area contributed by atoms with E-state index in [-0.39, 0.29) is 11.9 Å². The van der Waals surface area contributed by atoms with Crippen LogP contribution >= 0.6 is 0 Å². The zero-order valence-electron chi connectivity index (χ0n) is 11.1. The number of carbonyl (C=O) groups excluding carboxylic acids is 1. The van der Waals surface area contributed by atoms with Crippen molar-refractivity contribution in [3.8, 4) is 5.75 Å². The Bertz CT molecular complexity index is 394. The molecule has 19 heavy (non-hydrogen) atoms. The van der Waals surface area contributed by atoms with E-state index < -0.39 is 0 Å². The van der Waals surface area contributed by atoms with Crippen molar-refractivity contribution in [1.82, 2.24) is 0 Å². The zero-order valence-corrected chi connectivity index (χ0v) is 11.1. The third-order valence-corrected chi connectivity index (χ3v) is 3.60. The van der Waals surface area contributed by atoms with E-state index in [0.717, 1.165) is 25.0 Å². The fraction of sp³-hybridized carbons (Fsp3) is 0.533. The Balaban J connectivity index is 1.67. The summed E-state index contributed by atoms with van der Waals surface area (Å²) < 4.78 is 10.7. The van der Waals surface area contributed by atoms with Gasteiger partial charge < -0.3 is 15.2 Å². The third kappa shape index (κ3) is 3.96. The van der Waals surface area contributed by atoms with Gasteiger partial charge in [0.25, 0.3) is 0 Å². The lowest BCUT2D eigenvalue weighted by molar-refractivity contribution is -0.150. The first-order valence-electron chi connectivity index (χ1n) is 6.86. The number of para-hydroxylation sites is 1. The molecule has 0 aliphatic heterocycles. The van der Waals surface area contributed by atoms with Crippen molar-refractivity contribution >= 4 is 5.97 Å². The van der Waals surface area contributed by atoms with Gasteiger partial charge in [0.2, 0.25) is 0 Å². The summed E-state index contributed by atoms with van der Waals surface area (Å²) >= 11 is 0. The van der Waals surface area contributed by atoms with Gasteiger partial charge in [-0.15, -0.1) is 0 Å². The first kappa shape index (κ1) is 13.9. The van der Waals surface area contributed by atoms with Gasteiger partial charge in [0.15, 0.2) is 0 Å². The second-order valence-corrected chi connectivity index (χ2v) is 4.86. The molecule has 2 rings (SSSR count). The van der Waals surface area contributed by atoms with Gasteiger partial charge in [0.1, 0.15) is 19.0 Å². The van der Waals surface area contributed by atoms with Crippen molar-refractivity contribution < 1.29 is 14.3 Å². The molecular formula is C15H21NO3. The molecule has 104 valence electrons. The molecule has 0 saturated heterocycles. The van der Waals surface area contributed by atoms with Crippen molar-refractivity contribution in [3.63, 3.8) is 0 Å². The molecule has 1 aliphatic carbocycles. The summed E-state index contributed by atoms with van der Waals surface area (Å²) in [6.07, 6.45) is 3.01. The Kier molecular flexibility index (Phi) is 5.21. The van der Waals surface area contributed by atoms with Crippen LogP contribution in [0.25, 0.3) is 0 Å². The van der Waals surface area contributed by atoms with Gasteiger partial charge in [-0.05, 0) is 37.4 Å². The highest BCUT2D eigenvalue weighted by atomic mass is 16.6. The van der Waals surface area contributed by atoms with E-state index in [1.54, 1.807) is 0 Å². The second kappa shape index (κ2) is 7.14. The fourth-order valence-electron chi connectivity index (χ4n) is 2.55. The molecule has 0 radical (unpaired) electrons. The van der Waals surface area contributed by atoms with Gasteiger partial charge in [-0.25, -0.2) is 0 Å². The van der Waals surface area contributed by atoms with Gasteiger partial charge in [-0.1, -0.05) is 24.6 Å². The lowest BCUT2D eigenvalue weighted by Gasteiger charge is -2.16. The van der Waals surface area contributed by atoms with Gasteiger partial charge in [-0.2, -0.15) is 0 Å². The minimum Gasteiger partial charge on any atom is -0.490 e. The molecular weight excluding hydrogens is 242 g/mol. The monoisotopic (exact) mass is 263 g/mol. The predicted molar refractivity (Wildman–Crippen MR) is 72.8 cm³/mol. The van der Waals surface area contributed by atoms with Gasteiger partial charge in [0, 0.05) is 0 Å². The minimum atomic E-state index is -0.121. The highest BCUT2D eigenvalue weighted by Crippen LogP contribution is 2.31. The summed E-state index contributed by atoms with van der Waals surface area (Å²) in [4.78, 5) is 11.9. The highest BCUT2D eigenvalue weighted by molar-refractivity contribution is 5.73. The molecule has 0 bridgehead atoms. The van der Waals surface area contributed by atoms with Gasteiger partial charge >= 0.3 is 5.97 Å². The van der Waals surface area contributed by atoms with E-state index in [2.05, 4.69) is 0 Å². The van der Waals surface area contributed by atoms with Crippen LogP contribution in [0.4, 0.5) is 0 Å². The number of esters is 1. The molecule has 0 spiro atoms. The molecule has 1 saturated carbocycles. The Morgan fingerprint density at radius 1 is 1.21 bits per heavy atom. The van der Waals surface area contributed by atoms with Crippen molar-refractivity contribution in [3.05, 3.63) is 30.3 Å². The topological polar surface area (TPSA) is 61.6 Å². The normalized spacial score (nSPS) is 22.2. The average molecular weight is 263 g/mol. The number of carbonyl (C=O) groups is 1. The molecule has 0 amide bonds. The van der Waals surface area contributed by atoms with Crippen LogP contribution in [0.5, 0.6) is 5.75 Å². The van der Waals surface area contributed by atoms with Crippen LogP contribution in [-0.2, 0) is 9.53 Å². The SMILES string of the molecule is NCC1CCCC1C(=O)OCCOc1ccccc1. The highest BCUT2D eigenvalue weighted by Gasteiger charge is 2.32. The lowest BCUT2D eigenvalue weighted by atomic mass is 9.96. The van der Waals surface area contributed by atoms with Crippen LogP contribution < -0.4 is 10.5 Å². The summed E-state index contributed by atoms with van der Waals surface area (Å²) in [6.45, 7) is 1.25. The second-order valence-electron chi connectivity index (χ2n) is 4.86. The van der Waals surface area contributed by atoms with E-state index >= 15 is 0 Å². The quantitative estimate of drug-likeness (QED) is 0.629. The van der Waals surface area contributed by atoms with Crippen LogP contribution in [0.3, 0.4) is 0 Å². The third-order valence-electron chi connectivity index (χ3n) is 3.60. The number of hydrogen-bond acceptors (Lipinski definition) is 4. The molecule has 1 aromatic carbocycles.